The van der Waals surface area contributed by atoms with Crippen LogP contribution in [0.3, 0.4) is 0 Å². The molecule has 0 aromatic heterocycles. The first kappa shape index (κ1) is 13.1. The number of hydrogen-bond donors (Lipinski definition) is 2. The average Bonchev–Trinajstić information content (AvgIpc) is 2.73. The van der Waals surface area contributed by atoms with E-state index in [1.54, 1.807) is 0 Å². The van der Waals surface area contributed by atoms with Crippen LogP contribution >= 0.6 is 0 Å². The third-order valence-electron chi connectivity index (χ3n) is 3.43. The molecule has 1 saturated heterocycles. The van der Waals surface area contributed by atoms with Crippen molar-refractivity contribution in [2.45, 2.75) is 32.1 Å². The molecule has 1 aliphatic rings. The Bertz CT molecular complexity index is 393. The van der Waals surface area contributed by atoms with Crippen molar-refractivity contribution < 1.29 is 14.6 Å². The van der Waals surface area contributed by atoms with Crippen LogP contribution in [0.1, 0.15) is 18.9 Å². The van der Waals surface area contributed by atoms with Crippen molar-refractivity contribution in [2.24, 2.45) is 5.92 Å². The third kappa shape index (κ3) is 2.71. The molecule has 0 bridgehead atoms. The van der Waals surface area contributed by atoms with Crippen molar-refractivity contribution in [3.05, 3.63) is 35.9 Å². The highest BCUT2D eigenvalue weighted by Gasteiger charge is 2.41. The molecule has 3 atom stereocenters. The maximum atomic E-state index is 11.8. The molecule has 1 fully saturated rings. The van der Waals surface area contributed by atoms with E-state index in [0.29, 0.717) is 6.61 Å². The zero-order chi connectivity index (χ0) is 13.0. The van der Waals surface area contributed by atoms with Crippen LogP contribution in [0.4, 0.5) is 0 Å². The minimum Gasteiger partial charge on any atom is -0.394 e. The summed E-state index contributed by atoms with van der Waals surface area (Å²) in [5.74, 6) is -0.0666. The minimum atomic E-state index is -0.452. The fraction of sp³-hybridized carbons (Fsp3) is 0.500. The Morgan fingerprint density at radius 2 is 2.06 bits per heavy atom. The number of amides is 1. The van der Waals surface area contributed by atoms with Gasteiger partial charge in [-0.05, 0) is 12.0 Å². The first-order valence-electron chi connectivity index (χ1n) is 6.33. The molecular formula is C14H19NO3. The summed E-state index contributed by atoms with van der Waals surface area (Å²) >= 11 is 0. The van der Waals surface area contributed by atoms with E-state index in [1.807, 2.05) is 37.3 Å². The summed E-state index contributed by atoms with van der Waals surface area (Å²) in [6, 6.07) is 9.60. The fourth-order valence-corrected chi connectivity index (χ4v) is 2.42. The number of carbonyl (C=O) groups excluding carboxylic acids is 1. The molecule has 1 aromatic rings. The standard InChI is InChI=1S/C14H19NO3/c1-2-11-12(8-16)15-14(17)13(11)18-9-10-6-4-3-5-7-10/h3-7,11-13,16H,2,8-9H2,1H3,(H,15,17)/t11-,12+,13?/m0/s1. The quantitative estimate of drug-likeness (QED) is 0.821. The minimum absolute atomic E-state index is 0.0323. The number of aliphatic hydroxyl groups is 1. The van der Waals surface area contributed by atoms with Crippen LogP contribution in [0.15, 0.2) is 30.3 Å². The van der Waals surface area contributed by atoms with Gasteiger partial charge in [-0.3, -0.25) is 4.79 Å². The second kappa shape index (κ2) is 5.98. The Hall–Kier alpha value is -1.39. The lowest BCUT2D eigenvalue weighted by atomic mass is 9.96. The van der Waals surface area contributed by atoms with Gasteiger partial charge in [-0.1, -0.05) is 37.3 Å². The smallest absolute Gasteiger partial charge is 0.249 e. The molecule has 0 aliphatic carbocycles. The van der Waals surface area contributed by atoms with Crippen LogP contribution in [0.25, 0.3) is 0 Å². The van der Waals surface area contributed by atoms with Crippen LogP contribution in [-0.4, -0.2) is 29.8 Å². The van der Waals surface area contributed by atoms with Crippen molar-refractivity contribution in [3.63, 3.8) is 0 Å². The second-order valence-electron chi connectivity index (χ2n) is 4.59. The molecule has 0 saturated carbocycles. The lowest BCUT2D eigenvalue weighted by molar-refractivity contribution is -0.131. The lowest BCUT2D eigenvalue weighted by Gasteiger charge is -2.19. The molecule has 2 rings (SSSR count). The zero-order valence-corrected chi connectivity index (χ0v) is 10.5. The average molecular weight is 249 g/mol. The molecule has 4 nitrogen and oxygen atoms in total. The van der Waals surface area contributed by atoms with Gasteiger partial charge in [0, 0.05) is 5.92 Å². The number of hydrogen-bond acceptors (Lipinski definition) is 3. The summed E-state index contributed by atoms with van der Waals surface area (Å²) in [4.78, 5) is 11.8. The van der Waals surface area contributed by atoms with Crippen molar-refractivity contribution >= 4 is 5.91 Å². The maximum Gasteiger partial charge on any atom is 0.249 e. The largest absolute Gasteiger partial charge is 0.394 e. The van der Waals surface area contributed by atoms with Gasteiger partial charge in [0.1, 0.15) is 6.10 Å². The number of rotatable bonds is 5. The van der Waals surface area contributed by atoms with Gasteiger partial charge in [-0.25, -0.2) is 0 Å². The van der Waals surface area contributed by atoms with E-state index in [4.69, 9.17) is 4.74 Å². The van der Waals surface area contributed by atoms with E-state index in [1.165, 1.54) is 0 Å². The first-order chi connectivity index (χ1) is 8.76. The Kier molecular flexibility index (Phi) is 4.33. The summed E-state index contributed by atoms with van der Waals surface area (Å²) < 4.78 is 5.71. The number of carbonyl (C=O) groups is 1. The molecule has 1 aliphatic heterocycles. The van der Waals surface area contributed by atoms with E-state index in [9.17, 15) is 9.90 Å². The second-order valence-corrected chi connectivity index (χ2v) is 4.59. The summed E-state index contributed by atoms with van der Waals surface area (Å²) in [6.45, 7) is 2.40. The van der Waals surface area contributed by atoms with Crippen LogP contribution in [0.2, 0.25) is 0 Å². The van der Waals surface area contributed by atoms with Crippen molar-refractivity contribution in [3.8, 4) is 0 Å². The third-order valence-corrected chi connectivity index (χ3v) is 3.43. The summed E-state index contributed by atoms with van der Waals surface area (Å²) in [5.41, 5.74) is 1.05. The first-order valence-corrected chi connectivity index (χ1v) is 6.33. The SMILES string of the molecule is CC[C@@H]1C(OCc2ccccc2)C(=O)N[C@@H]1CO. The van der Waals surface area contributed by atoms with Crippen molar-refractivity contribution in [2.75, 3.05) is 6.61 Å². The van der Waals surface area contributed by atoms with Gasteiger partial charge >= 0.3 is 0 Å². The molecule has 1 heterocycles. The normalized spacial score (nSPS) is 27.2. The number of nitrogens with one attached hydrogen (secondary N) is 1. The summed E-state index contributed by atoms with van der Waals surface area (Å²) in [6.07, 6.45) is 0.357. The Balaban J connectivity index is 1.97. The number of aliphatic hydroxyl groups excluding tert-OH is 1. The molecule has 98 valence electrons. The van der Waals surface area contributed by atoms with Gasteiger partial charge in [0.25, 0.3) is 0 Å². The topological polar surface area (TPSA) is 58.6 Å². The summed E-state index contributed by atoms with van der Waals surface area (Å²) in [5, 5.41) is 12.0. The van der Waals surface area contributed by atoms with Gasteiger partial charge in [-0.2, -0.15) is 0 Å². The highest BCUT2D eigenvalue weighted by molar-refractivity contribution is 5.84. The molecule has 1 amide bonds. The van der Waals surface area contributed by atoms with E-state index < -0.39 is 6.10 Å². The van der Waals surface area contributed by atoms with Crippen LogP contribution < -0.4 is 5.32 Å². The molecule has 1 aromatic carbocycles. The Morgan fingerprint density at radius 1 is 1.33 bits per heavy atom. The van der Waals surface area contributed by atoms with E-state index in [2.05, 4.69) is 5.32 Å². The Labute approximate surface area is 107 Å². The molecule has 4 heteroatoms. The van der Waals surface area contributed by atoms with Gasteiger partial charge in [0.15, 0.2) is 0 Å². The fourth-order valence-electron chi connectivity index (χ4n) is 2.42. The van der Waals surface area contributed by atoms with Crippen molar-refractivity contribution in [1.82, 2.24) is 5.32 Å². The van der Waals surface area contributed by atoms with Gasteiger partial charge in [0.05, 0.1) is 19.3 Å². The Morgan fingerprint density at radius 3 is 2.67 bits per heavy atom. The van der Waals surface area contributed by atoms with Gasteiger partial charge < -0.3 is 15.2 Å². The molecular weight excluding hydrogens is 230 g/mol. The van der Waals surface area contributed by atoms with E-state index in [0.717, 1.165) is 12.0 Å². The zero-order valence-electron chi connectivity index (χ0n) is 10.5. The molecule has 0 radical (unpaired) electrons. The molecule has 1 unspecified atom stereocenters. The number of ether oxygens (including phenoxy) is 1. The van der Waals surface area contributed by atoms with E-state index in [-0.39, 0.29) is 24.5 Å². The maximum absolute atomic E-state index is 11.8. The monoisotopic (exact) mass is 249 g/mol. The molecule has 2 N–H and O–H groups in total. The van der Waals surface area contributed by atoms with Crippen LogP contribution in [0, 0.1) is 5.92 Å². The van der Waals surface area contributed by atoms with Crippen LogP contribution in [-0.2, 0) is 16.1 Å². The highest BCUT2D eigenvalue weighted by atomic mass is 16.5. The van der Waals surface area contributed by atoms with E-state index >= 15 is 0 Å². The van der Waals surface area contributed by atoms with Crippen LogP contribution in [0.5, 0.6) is 0 Å². The van der Waals surface area contributed by atoms with Gasteiger partial charge in [0.2, 0.25) is 5.91 Å². The predicted octanol–water partition coefficient (Wildman–Crippen LogP) is 1.09. The number of benzene rings is 1. The molecule has 0 spiro atoms. The molecule has 18 heavy (non-hydrogen) atoms. The lowest BCUT2D eigenvalue weighted by Crippen LogP contribution is -2.32. The van der Waals surface area contributed by atoms with Crippen molar-refractivity contribution in [1.29, 1.82) is 0 Å². The highest BCUT2D eigenvalue weighted by Crippen LogP contribution is 2.24. The van der Waals surface area contributed by atoms with Gasteiger partial charge in [-0.15, -0.1) is 0 Å². The predicted molar refractivity (Wildman–Crippen MR) is 67.8 cm³/mol. The summed E-state index contributed by atoms with van der Waals surface area (Å²) in [7, 11) is 0.